The van der Waals surface area contributed by atoms with Crippen LogP contribution in [-0.4, -0.2) is 19.1 Å². The number of nitrogens with one attached hydrogen (secondary N) is 1. The molecular formula is C17H23ClN2O2. The van der Waals surface area contributed by atoms with Crippen LogP contribution in [0.15, 0.2) is 18.2 Å². The minimum Gasteiger partial charge on any atom is -0.495 e. The summed E-state index contributed by atoms with van der Waals surface area (Å²) in [5.74, 6) is 1.71. The highest BCUT2D eigenvalue weighted by Gasteiger charge is 2.40. The van der Waals surface area contributed by atoms with Crippen molar-refractivity contribution in [2.45, 2.75) is 38.1 Å². The van der Waals surface area contributed by atoms with Crippen LogP contribution >= 0.6 is 11.6 Å². The number of carbonyl (C=O) groups is 1. The molecule has 3 N–H and O–H groups in total. The standard InChI is InChI=1S/C17H23ClN2O2/c1-22-15-6-5-13(18)9-14(15)20-17(21)12-7-10-3-2-4-11(8-12)16(10)19/h5-6,9-12,16H,2-4,7-8,19H2,1H3,(H,20,21). The Morgan fingerprint density at radius 3 is 2.64 bits per heavy atom. The molecule has 2 bridgehead atoms. The topological polar surface area (TPSA) is 64.3 Å². The normalized spacial score (nSPS) is 30.7. The molecule has 2 aliphatic carbocycles. The number of ether oxygens (including phenoxy) is 1. The monoisotopic (exact) mass is 322 g/mol. The van der Waals surface area contributed by atoms with Crippen LogP contribution in [0.4, 0.5) is 5.69 Å². The molecule has 1 amide bonds. The fraction of sp³-hybridized carbons (Fsp3) is 0.588. The highest BCUT2D eigenvalue weighted by Crippen LogP contribution is 2.42. The molecule has 0 radical (unpaired) electrons. The van der Waals surface area contributed by atoms with Gasteiger partial charge in [0.15, 0.2) is 0 Å². The second-order valence-electron chi connectivity index (χ2n) is 6.53. The lowest BCUT2D eigenvalue weighted by Gasteiger charge is -2.43. The SMILES string of the molecule is COc1ccc(Cl)cc1NC(=O)C1CC2CCCC(C1)C2N. The van der Waals surface area contributed by atoms with E-state index in [9.17, 15) is 4.79 Å². The van der Waals surface area contributed by atoms with Crippen LogP contribution in [-0.2, 0) is 4.79 Å². The van der Waals surface area contributed by atoms with Gasteiger partial charge in [-0.05, 0) is 55.7 Å². The van der Waals surface area contributed by atoms with Crippen LogP contribution < -0.4 is 15.8 Å². The van der Waals surface area contributed by atoms with Crippen LogP contribution in [0.2, 0.25) is 5.02 Å². The number of benzene rings is 1. The van der Waals surface area contributed by atoms with E-state index in [4.69, 9.17) is 22.1 Å². The molecule has 0 heterocycles. The third-order valence-corrected chi connectivity index (χ3v) is 5.44. The van der Waals surface area contributed by atoms with E-state index in [-0.39, 0.29) is 17.9 Å². The van der Waals surface area contributed by atoms with E-state index in [0.717, 1.165) is 25.7 Å². The van der Waals surface area contributed by atoms with Gasteiger partial charge in [-0.2, -0.15) is 0 Å². The molecular weight excluding hydrogens is 300 g/mol. The molecule has 0 aromatic heterocycles. The van der Waals surface area contributed by atoms with Gasteiger partial charge < -0.3 is 15.8 Å². The predicted octanol–water partition coefficient (Wildman–Crippen LogP) is 3.44. The first-order valence-electron chi connectivity index (χ1n) is 7.98. The van der Waals surface area contributed by atoms with E-state index in [1.165, 1.54) is 6.42 Å². The molecule has 2 saturated carbocycles. The van der Waals surface area contributed by atoms with Gasteiger partial charge >= 0.3 is 0 Å². The smallest absolute Gasteiger partial charge is 0.227 e. The summed E-state index contributed by atoms with van der Waals surface area (Å²) in [6.07, 6.45) is 5.35. The van der Waals surface area contributed by atoms with Crippen molar-refractivity contribution < 1.29 is 9.53 Å². The Bertz CT molecular complexity index is 550. The summed E-state index contributed by atoms with van der Waals surface area (Å²) in [6.45, 7) is 0. The van der Waals surface area contributed by atoms with Crippen molar-refractivity contribution in [1.29, 1.82) is 0 Å². The molecule has 22 heavy (non-hydrogen) atoms. The zero-order valence-corrected chi connectivity index (χ0v) is 13.6. The Morgan fingerprint density at radius 2 is 2.00 bits per heavy atom. The van der Waals surface area contributed by atoms with E-state index in [1.54, 1.807) is 25.3 Å². The molecule has 1 aromatic carbocycles. The van der Waals surface area contributed by atoms with Gasteiger partial charge in [-0.3, -0.25) is 4.79 Å². The van der Waals surface area contributed by atoms with Gasteiger partial charge in [0.2, 0.25) is 5.91 Å². The highest BCUT2D eigenvalue weighted by molar-refractivity contribution is 6.31. The largest absolute Gasteiger partial charge is 0.495 e. The predicted molar refractivity (Wildman–Crippen MR) is 88.2 cm³/mol. The van der Waals surface area contributed by atoms with Gasteiger partial charge in [0.05, 0.1) is 12.8 Å². The first kappa shape index (κ1) is 15.6. The number of hydrogen-bond acceptors (Lipinski definition) is 3. The fourth-order valence-electron chi connectivity index (χ4n) is 4.02. The van der Waals surface area contributed by atoms with E-state index in [0.29, 0.717) is 28.3 Å². The second kappa shape index (κ2) is 6.47. The summed E-state index contributed by atoms with van der Waals surface area (Å²) in [7, 11) is 1.59. The number of halogens is 1. The van der Waals surface area contributed by atoms with Crippen molar-refractivity contribution in [3.05, 3.63) is 23.2 Å². The molecule has 2 atom stereocenters. The van der Waals surface area contributed by atoms with Crippen LogP contribution in [0.25, 0.3) is 0 Å². The van der Waals surface area contributed by atoms with Crippen molar-refractivity contribution in [3.63, 3.8) is 0 Å². The highest BCUT2D eigenvalue weighted by atomic mass is 35.5. The number of amides is 1. The maximum absolute atomic E-state index is 12.6. The Labute approximate surface area is 136 Å². The van der Waals surface area contributed by atoms with Crippen LogP contribution in [0.3, 0.4) is 0 Å². The summed E-state index contributed by atoms with van der Waals surface area (Å²) in [5, 5.41) is 3.57. The lowest BCUT2D eigenvalue weighted by molar-refractivity contribution is -0.122. The summed E-state index contributed by atoms with van der Waals surface area (Å²) in [4.78, 5) is 12.6. The van der Waals surface area contributed by atoms with Gasteiger partial charge in [0.1, 0.15) is 5.75 Å². The van der Waals surface area contributed by atoms with Gasteiger partial charge in [0.25, 0.3) is 0 Å². The average molecular weight is 323 g/mol. The quantitative estimate of drug-likeness (QED) is 0.896. The van der Waals surface area contributed by atoms with E-state index < -0.39 is 0 Å². The minimum absolute atomic E-state index is 0.0405. The summed E-state index contributed by atoms with van der Waals surface area (Å²) < 4.78 is 5.29. The van der Waals surface area contributed by atoms with Gasteiger partial charge in [-0.15, -0.1) is 0 Å². The van der Waals surface area contributed by atoms with E-state index in [1.807, 2.05) is 0 Å². The Kier molecular flexibility index (Phi) is 4.59. The number of methoxy groups -OCH3 is 1. The Hall–Kier alpha value is -1.26. The van der Waals surface area contributed by atoms with Gasteiger partial charge in [-0.25, -0.2) is 0 Å². The minimum atomic E-state index is 0.0405. The third-order valence-electron chi connectivity index (χ3n) is 5.20. The van der Waals surface area contributed by atoms with Gasteiger partial charge in [0, 0.05) is 17.0 Å². The fourth-order valence-corrected chi connectivity index (χ4v) is 4.19. The number of rotatable bonds is 3. The molecule has 2 fully saturated rings. The Balaban J connectivity index is 1.71. The number of fused-ring (bicyclic) bond motifs is 2. The molecule has 2 aliphatic rings. The lowest BCUT2D eigenvalue weighted by atomic mass is 9.65. The zero-order chi connectivity index (χ0) is 15.7. The van der Waals surface area contributed by atoms with E-state index >= 15 is 0 Å². The van der Waals surface area contributed by atoms with Gasteiger partial charge in [-0.1, -0.05) is 18.0 Å². The Morgan fingerprint density at radius 1 is 1.32 bits per heavy atom. The molecule has 3 rings (SSSR count). The number of nitrogens with two attached hydrogens (primary N) is 1. The summed E-state index contributed by atoms with van der Waals surface area (Å²) in [5.41, 5.74) is 6.93. The molecule has 0 aliphatic heterocycles. The van der Waals surface area contributed by atoms with Crippen LogP contribution in [0.1, 0.15) is 32.1 Å². The lowest BCUT2D eigenvalue weighted by Crippen LogP contribution is -2.48. The molecule has 2 unspecified atom stereocenters. The maximum Gasteiger partial charge on any atom is 0.227 e. The number of anilines is 1. The molecule has 0 saturated heterocycles. The zero-order valence-electron chi connectivity index (χ0n) is 12.8. The first-order valence-corrected chi connectivity index (χ1v) is 8.36. The summed E-state index contributed by atoms with van der Waals surface area (Å²) >= 11 is 6.02. The number of carbonyl (C=O) groups excluding carboxylic acids is 1. The second-order valence-corrected chi connectivity index (χ2v) is 6.97. The molecule has 1 aromatic rings. The van der Waals surface area contributed by atoms with Crippen molar-refractivity contribution >= 4 is 23.2 Å². The molecule has 5 heteroatoms. The summed E-state index contributed by atoms with van der Waals surface area (Å²) in [6, 6.07) is 5.52. The van der Waals surface area contributed by atoms with Crippen LogP contribution in [0.5, 0.6) is 5.75 Å². The van der Waals surface area contributed by atoms with Crippen molar-refractivity contribution in [2.24, 2.45) is 23.5 Å². The van der Waals surface area contributed by atoms with Crippen LogP contribution in [0, 0.1) is 17.8 Å². The van der Waals surface area contributed by atoms with E-state index in [2.05, 4.69) is 5.32 Å². The first-order chi connectivity index (χ1) is 10.6. The maximum atomic E-state index is 12.6. The average Bonchev–Trinajstić information content (AvgIpc) is 2.47. The third kappa shape index (κ3) is 3.08. The van der Waals surface area contributed by atoms with Crippen molar-refractivity contribution in [2.75, 3.05) is 12.4 Å². The van der Waals surface area contributed by atoms with Crippen molar-refractivity contribution in [1.82, 2.24) is 0 Å². The van der Waals surface area contributed by atoms with Crippen molar-refractivity contribution in [3.8, 4) is 5.75 Å². The number of hydrogen-bond donors (Lipinski definition) is 2. The molecule has 4 nitrogen and oxygen atoms in total. The molecule has 120 valence electrons. The molecule has 0 spiro atoms.